The van der Waals surface area contributed by atoms with E-state index in [2.05, 4.69) is 58.8 Å². The van der Waals surface area contributed by atoms with E-state index in [1.807, 2.05) is 0 Å². The van der Waals surface area contributed by atoms with E-state index in [1.54, 1.807) is 0 Å². The second kappa shape index (κ2) is 6.49. The minimum Gasteiger partial charge on any atom is -0.314 e. The smallest absolute Gasteiger partial charge is 0.0102 e. The largest absolute Gasteiger partial charge is 0.314 e. The molecule has 1 N–H and O–H groups in total. The first-order valence-corrected chi connectivity index (χ1v) is 6.21. The highest BCUT2D eigenvalue weighted by atomic mass is 15.1. The van der Waals surface area contributed by atoms with Crippen LogP contribution in [0.4, 0.5) is 0 Å². The van der Waals surface area contributed by atoms with E-state index in [0.29, 0.717) is 11.5 Å². The van der Waals surface area contributed by atoms with Crippen molar-refractivity contribution in [2.45, 2.75) is 47.6 Å². The standard InChI is InChI=1S/C13H30N2/c1-8-14-12(4)13(5,6)10-15(7)9-11(2)3/h11-12,14H,8-10H2,1-7H3. The lowest BCUT2D eigenvalue weighted by atomic mass is 9.84. The Balaban J connectivity index is 4.11. The summed E-state index contributed by atoms with van der Waals surface area (Å²) in [5.41, 5.74) is 0.333. The molecule has 15 heavy (non-hydrogen) atoms. The van der Waals surface area contributed by atoms with Crippen LogP contribution in [0.3, 0.4) is 0 Å². The maximum atomic E-state index is 3.52. The molecule has 1 unspecified atom stereocenters. The SMILES string of the molecule is CCNC(C)C(C)(C)CN(C)CC(C)C. The van der Waals surface area contributed by atoms with Gasteiger partial charge in [0.15, 0.2) is 0 Å². The van der Waals surface area contributed by atoms with Crippen molar-refractivity contribution in [1.82, 2.24) is 10.2 Å². The van der Waals surface area contributed by atoms with E-state index in [-0.39, 0.29) is 0 Å². The highest BCUT2D eigenvalue weighted by Gasteiger charge is 2.26. The highest BCUT2D eigenvalue weighted by Crippen LogP contribution is 2.21. The molecule has 0 heterocycles. The molecule has 0 saturated heterocycles. The molecule has 0 fully saturated rings. The van der Waals surface area contributed by atoms with Crippen LogP contribution in [0.15, 0.2) is 0 Å². The Hall–Kier alpha value is -0.0800. The van der Waals surface area contributed by atoms with Crippen molar-refractivity contribution < 1.29 is 0 Å². The summed E-state index contributed by atoms with van der Waals surface area (Å²) in [5.74, 6) is 0.750. The number of hydrogen-bond donors (Lipinski definition) is 1. The molecule has 0 saturated carbocycles. The van der Waals surface area contributed by atoms with Gasteiger partial charge in [-0.05, 0) is 31.8 Å². The van der Waals surface area contributed by atoms with Gasteiger partial charge < -0.3 is 10.2 Å². The third kappa shape index (κ3) is 6.16. The summed E-state index contributed by atoms with van der Waals surface area (Å²) < 4.78 is 0. The van der Waals surface area contributed by atoms with Gasteiger partial charge in [0.05, 0.1) is 0 Å². The fourth-order valence-electron chi connectivity index (χ4n) is 2.10. The Morgan fingerprint density at radius 2 is 1.73 bits per heavy atom. The molecule has 92 valence electrons. The summed E-state index contributed by atoms with van der Waals surface area (Å²) in [4.78, 5) is 2.44. The monoisotopic (exact) mass is 214 g/mol. The third-order valence-electron chi connectivity index (χ3n) is 3.04. The van der Waals surface area contributed by atoms with Crippen LogP contribution in [0.25, 0.3) is 0 Å². The Morgan fingerprint density at radius 1 is 1.20 bits per heavy atom. The van der Waals surface area contributed by atoms with E-state index >= 15 is 0 Å². The molecule has 0 aliphatic heterocycles. The van der Waals surface area contributed by atoms with Crippen LogP contribution < -0.4 is 5.32 Å². The zero-order valence-electron chi connectivity index (χ0n) is 11.7. The zero-order chi connectivity index (χ0) is 12.1. The Kier molecular flexibility index (Phi) is 6.46. The quantitative estimate of drug-likeness (QED) is 0.701. The molecule has 2 heteroatoms. The Morgan fingerprint density at radius 3 is 2.13 bits per heavy atom. The van der Waals surface area contributed by atoms with Crippen LogP contribution in [0, 0.1) is 11.3 Å². The number of hydrogen-bond acceptors (Lipinski definition) is 2. The Bertz CT molecular complexity index is 164. The van der Waals surface area contributed by atoms with Crippen molar-refractivity contribution in [3.63, 3.8) is 0 Å². The minimum absolute atomic E-state index is 0.333. The van der Waals surface area contributed by atoms with Gasteiger partial charge in [-0.1, -0.05) is 34.6 Å². The molecule has 0 spiro atoms. The molecule has 0 aliphatic rings. The normalized spacial score (nSPS) is 15.0. The molecule has 0 radical (unpaired) electrons. The molecular formula is C13H30N2. The van der Waals surface area contributed by atoms with E-state index in [4.69, 9.17) is 0 Å². The lowest BCUT2D eigenvalue weighted by Gasteiger charge is -2.36. The topological polar surface area (TPSA) is 15.3 Å². The van der Waals surface area contributed by atoms with Crippen LogP contribution >= 0.6 is 0 Å². The molecule has 2 nitrogen and oxygen atoms in total. The van der Waals surface area contributed by atoms with Gasteiger partial charge in [-0.2, -0.15) is 0 Å². The van der Waals surface area contributed by atoms with Gasteiger partial charge in [-0.25, -0.2) is 0 Å². The predicted molar refractivity (Wildman–Crippen MR) is 69.3 cm³/mol. The summed E-state index contributed by atoms with van der Waals surface area (Å²) >= 11 is 0. The van der Waals surface area contributed by atoms with Crippen LogP contribution in [0.5, 0.6) is 0 Å². The van der Waals surface area contributed by atoms with Crippen molar-refractivity contribution in [3.8, 4) is 0 Å². The van der Waals surface area contributed by atoms with Gasteiger partial charge in [-0.3, -0.25) is 0 Å². The molecule has 0 amide bonds. The third-order valence-corrected chi connectivity index (χ3v) is 3.04. The van der Waals surface area contributed by atoms with Crippen molar-refractivity contribution in [2.24, 2.45) is 11.3 Å². The summed E-state index contributed by atoms with van der Waals surface area (Å²) in [6.45, 7) is 17.1. The van der Waals surface area contributed by atoms with E-state index < -0.39 is 0 Å². The summed E-state index contributed by atoms with van der Waals surface area (Å²) in [7, 11) is 2.22. The van der Waals surface area contributed by atoms with E-state index in [0.717, 1.165) is 19.0 Å². The zero-order valence-corrected chi connectivity index (χ0v) is 11.7. The fraction of sp³-hybridized carbons (Fsp3) is 1.00. The molecule has 0 aromatic heterocycles. The van der Waals surface area contributed by atoms with Gasteiger partial charge in [0.25, 0.3) is 0 Å². The lowest BCUT2D eigenvalue weighted by molar-refractivity contribution is 0.155. The molecule has 0 aliphatic carbocycles. The fourth-order valence-corrected chi connectivity index (χ4v) is 2.10. The average Bonchev–Trinajstić information content (AvgIpc) is 2.01. The molecule has 1 atom stereocenters. The highest BCUT2D eigenvalue weighted by molar-refractivity contribution is 4.83. The summed E-state index contributed by atoms with van der Waals surface area (Å²) in [5, 5.41) is 3.52. The summed E-state index contributed by atoms with van der Waals surface area (Å²) in [6.07, 6.45) is 0. The first kappa shape index (κ1) is 14.9. The Labute approximate surface area is 96.4 Å². The van der Waals surface area contributed by atoms with Crippen LogP contribution in [-0.4, -0.2) is 37.6 Å². The molecule has 0 bridgehead atoms. The predicted octanol–water partition coefficient (Wildman–Crippen LogP) is 2.60. The second-order valence-corrected chi connectivity index (χ2v) is 5.86. The van der Waals surface area contributed by atoms with Crippen molar-refractivity contribution in [3.05, 3.63) is 0 Å². The van der Waals surface area contributed by atoms with Gasteiger partial charge in [0.2, 0.25) is 0 Å². The van der Waals surface area contributed by atoms with Gasteiger partial charge in [0, 0.05) is 19.1 Å². The first-order valence-electron chi connectivity index (χ1n) is 6.21. The van der Waals surface area contributed by atoms with Gasteiger partial charge in [-0.15, -0.1) is 0 Å². The summed E-state index contributed by atoms with van der Waals surface area (Å²) in [6, 6.07) is 0.567. The van der Waals surface area contributed by atoms with Crippen molar-refractivity contribution in [2.75, 3.05) is 26.7 Å². The van der Waals surface area contributed by atoms with Crippen LogP contribution in [0.2, 0.25) is 0 Å². The van der Waals surface area contributed by atoms with Gasteiger partial charge >= 0.3 is 0 Å². The minimum atomic E-state index is 0.333. The lowest BCUT2D eigenvalue weighted by Crippen LogP contribution is -2.46. The van der Waals surface area contributed by atoms with E-state index in [1.165, 1.54) is 6.54 Å². The van der Waals surface area contributed by atoms with E-state index in [9.17, 15) is 0 Å². The molecule has 0 aromatic rings. The number of nitrogens with zero attached hydrogens (tertiary/aromatic N) is 1. The second-order valence-electron chi connectivity index (χ2n) is 5.86. The van der Waals surface area contributed by atoms with Crippen LogP contribution in [0.1, 0.15) is 41.5 Å². The first-order chi connectivity index (χ1) is 6.79. The molecular weight excluding hydrogens is 184 g/mol. The molecule has 0 rings (SSSR count). The maximum Gasteiger partial charge on any atom is 0.0102 e. The maximum absolute atomic E-state index is 3.52. The number of rotatable bonds is 7. The van der Waals surface area contributed by atoms with Crippen LogP contribution in [-0.2, 0) is 0 Å². The van der Waals surface area contributed by atoms with Gasteiger partial charge in [0.1, 0.15) is 0 Å². The molecule has 0 aromatic carbocycles. The number of nitrogens with one attached hydrogen (secondary N) is 1. The van der Waals surface area contributed by atoms with Crippen molar-refractivity contribution in [1.29, 1.82) is 0 Å². The van der Waals surface area contributed by atoms with Crippen molar-refractivity contribution >= 4 is 0 Å². The average molecular weight is 214 g/mol.